The molecule has 0 aliphatic heterocycles. The molecule has 0 radical (unpaired) electrons. The summed E-state index contributed by atoms with van der Waals surface area (Å²) in [4.78, 5) is 8.44. The highest BCUT2D eigenvalue weighted by molar-refractivity contribution is 5.89. The van der Waals surface area contributed by atoms with Gasteiger partial charge in [-0.3, -0.25) is 0 Å². The number of hydrogen-bond donors (Lipinski definition) is 1. The van der Waals surface area contributed by atoms with E-state index in [1.54, 1.807) is 7.11 Å². The molecule has 0 bridgehead atoms. The van der Waals surface area contributed by atoms with E-state index in [1.165, 1.54) is 0 Å². The summed E-state index contributed by atoms with van der Waals surface area (Å²) < 4.78 is 11.3. The third-order valence-electron chi connectivity index (χ3n) is 3.62. The second-order valence-electron chi connectivity index (χ2n) is 4.88. The molecule has 2 N–H and O–H groups in total. The van der Waals surface area contributed by atoms with Gasteiger partial charge in [-0.05, 0) is 12.1 Å². The Hall–Kier alpha value is -2.82. The van der Waals surface area contributed by atoms with Crippen LogP contribution in [0, 0.1) is 0 Å². The summed E-state index contributed by atoms with van der Waals surface area (Å²) >= 11 is 0. The normalized spacial score (nSPS) is 13.3. The molecule has 0 fully saturated rings. The molecule has 0 unspecified atom stereocenters. The number of benzene rings is 1. The number of nitrogen functional groups attached to an aromatic ring is 1. The van der Waals surface area contributed by atoms with E-state index in [0.29, 0.717) is 12.3 Å². The van der Waals surface area contributed by atoms with Crippen LogP contribution in [0.2, 0.25) is 0 Å². The molecule has 0 saturated heterocycles. The van der Waals surface area contributed by atoms with E-state index in [1.807, 2.05) is 30.3 Å². The lowest BCUT2D eigenvalue weighted by atomic mass is 10.1. The van der Waals surface area contributed by atoms with Crippen molar-refractivity contribution in [2.24, 2.45) is 0 Å². The van der Waals surface area contributed by atoms with Crippen molar-refractivity contribution < 1.29 is 9.15 Å². The third kappa shape index (κ3) is 1.78. The fraction of sp³-hybridized carbons (Fsp3) is 0.125. The van der Waals surface area contributed by atoms with E-state index in [0.717, 1.165) is 33.6 Å². The highest BCUT2D eigenvalue weighted by atomic mass is 16.5. The van der Waals surface area contributed by atoms with Crippen molar-refractivity contribution in [3.8, 4) is 5.88 Å². The Morgan fingerprint density at radius 1 is 1.24 bits per heavy atom. The topological polar surface area (TPSA) is 74.2 Å². The number of fused-ring (bicyclic) bond motifs is 2. The Labute approximate surface area is 121 Å². The van der Waals surface area contributed by atoms with Gasteiger partial charge in [0.25, 0.3) is 0 Å². The minimum Gasteiger partial charge on any atom is -0.480 e. The maximum atomic E-state index is 5.93. The van der Waals surface area contributed by atoms with Crippen molar-refractivity contribution in [2.45, 2.75) is 6.42 Å². The minimum absolute atomic E-state index is 0.227. The molecule has 1 aromatic carbocycles. The summed E-state index contributed by atoms with van der Waals surface area (Å²) in [6, 6.07) is 9.94. The van der Waals surface area contributed by atoms with Crippen LogP contribution in [0.15, 0.2) is 40.8 Å². The van der Waals surface area contributed by atoms with Gasteiger partial charge >= 0.3 is 0 Å². The number of allylic oxidation sites excluding steroid dienone is 1. The van der Waals surface area contributed by atoms with Crippen LogP contribution in [-0.2, 0) is 6.42 Å². The van der Waals surface area contributed by atoms with Crippen LogP contribution in [0.3, 0.4) is 0 Å². The number of ether oxygens (including phenoxy) is 1. The molecule has 21 heavy (non-hydrogen) atoms. The first-order valence-electron chi connectivity index (χ1n) is 6.66. The molecule has 0 spiro atoms. The molecule has 1 aliphatic rings. The first kappa shape index (κ1) is 12.0. The van der Waals surface area contributed by atoms with E-state index in [9.17, 15) is 0 Å². The summed E-state index contributed by atoms with van der Waals surface area (Å²) in [5.74, 6) is 1.51. The predicted octanol–water partition coefficient (Wildman–Crippen LogP) is 2.80. The van der Waals surface area contributed by atoms with Gasteiger partial charge in [0.2, 0.25) is 11.8 Å². The Bertz CT molecular complexity index is 847. The molecule has 0 saturated carbocycles. The zero-order chi connectivity index (χ0) is 14.4. The van der Waals surface area contributed by atoms with E-state index in [2.05, 4.69) is 16.0 Å². The largest absolute Gasteiger partial charge is 0.480 e. The second-order valence-corrected chi connectivity index (χ2v) is 4.88. The van der Waals surface area contributed by atoms with E-state index >= 15 is 0 Å². The maximum Gasteiger partial charge on any atom is 0.226 e. The standard InChI is InChI=1S/C16H13N3O2/c1-20-15-14-10(6-7-11(14)18-16(17)19-15)13-8-9-4-2-3-5-12(9)21-13/h2-6,8H,7H2,1H3,(H2,17,18,19). The number of nitrogens with two attached hydrogens (primary N) is 1. The molecule has 104 valence electrons. The van der Waals surface area contributed by atoms with Gasteiger partial charge in [0.15, 0.2) is 0 Å². The summed E-state index contributed by atoms with van der Waals surface area (Å²) in [6.45, 7) is 0. The van der Waals surface area contributed by atoms with Crippen LogP contribution in [0.4, 0.5) is 5.95 Å². The van der Waals surface area contributed by atoms with Gasteiger partial charge in [-0.25, -0.2) is 4.98 Å². The smallest absolute Gasteiger partial charge is 0.226 e. The Balaban J connectivity index is 1.90. The number of nitrogens with zero attached hydrogens (tertiary/aromatic N) is 2. The zero-order valence-electron chi connectivity index (χ0n) is 11.5. The molecule has 2 aromatic heterocycles. The molecule has 3 aromatic rings. The van der Waals surface area contributed by atoms with Gasteiger partial charge in [0, 0.05) is 17.4 Å². The molecule has 0 atom stereocenters. The van der Waals surface area contributed by atoms with Gasteiger partial charge in [-0.1, -0.05) is 24.3 Å². The number of para-hydroxylation sites is 1. The first-order chi connectivity index (χ1) is 10.3. The minimum atomic E-state index is 0.227. The molecule has 2 heterocycles. The van der Waals surface area contributed by atoms with Crippen molar-refractivity contribution in [3.63, 3.8) is 0 Å². The Morgan fingerprint density at radius 2 is 2.10 bits per heavy atom. The second kappa shape index (κ2) is 4.34. The van der Waals surface area contributed by atoms with Gasteiger partial charge < -0.3 is 14.9 Å². The number of rotatable bonds is 2. The van der Waals surface area contributed by atoms with Crippen molar-refractivity contribution in [2.75, 3.05) is 12.8 Å². The van der Waals surface area contributed by atoms with E-state index in [4.69, 9.17) is 14.9 Å². The quantitative estimate of drug-likeness (QED) is 0.780. The number of hydrogen-bond acceptors (Lipinski definition) is 5. The van der Waals surface area contributed by atoms with Gasteiger partial charge in [-0.2, -0.15) is 4.98 Å². The van der Waals surface area contributed by atoms with Crippen LogP contribution < -0.4 is 10.5 Å². The number of methoxy groups -OCH3 is 1. The Morgan fingerprint density at radius 3 is 2.90 bits per heavy atom. The summed E-state index contributed by atoms with van der Waals surface area (Å²) in [6.07, 6.45) is 2.77. The molecule has 4 rings (SSSR count). The summed E-state index contributed by atoms with van der Waals surface area (Å²) in [7, 11) is 1.58. The van der Waals surface area contributed by atoms with Gasteiger partial charge in [0.1, 0.15) is 11.3 Å². The molecule has 5 nitrogen and oxygen atoms in total. The fourth-order valence-electron chi connectivity index (χ4n) is 2.71. The van der Waals surface area contributed by atoms with Gasteiger partial charge in [-0.15, -0.1) is 0 Å². The molecule has 1 aliphatic carbocycles. The summed E-state index contributed by atoms with van der Waals surface area (Å²) in [5.41, 5.74) is 9.26. The van der Waals surface area contributed by atoms with Crippen LogP contribution >= 0.6 is 0 Å². The summed E-state index contributed by atoms with van der Waals surface area (Å²) in [5, 5.41) is 1.07. The van der Waals surface area contributed by atoms with Crippen LogP contribution in [0.25, 0.3) is 16.5 Å². The van der Waals surface area contributed by atoms with E-state index < -0.39 is 0 Å². The third-order valence-corrected chi connectivity index (χ3v) is 3.62. The fourth-order valence-corrected chi connectivity index (χ4v) is 2.71. The lowest BCUT2D eigenvalue weighted by Gasteiger charge is -2.08. The maximum absolute atomic E-state index is 5.93. The van der Waals surface area contributed by atoms with Crippen molar-refractivity contribution in [1.82, 2.24) is 9.97 Å². The van der Waals surface area contributed by atoms with Crippen molar-refractivity contribution in [1.29, 1.82) is 0 Å². The lowest BCUT2D eigenvalue weighted by Crippen LogP contribution is -2.04. The molecular formula is C16H13N3O2. The van der Waals surface area contributed by atoms with Crippen molar-refractivity contribution >= 4 is 22.5 Å². The van der Waals surface area contributed by atoms with E-state index in [-0.39, 0.29) is 5.95 Å². The molecular weight excluding hydrogens is 266 g/mol. The molecule has 5 heteroatoms. The van der Waals surface area contributed by atoms with Crippen LogP contribution in [0.1, 0.15) is 17.0 Å². The highest BCUT2D eigenvalue weighted by Crippen LogP contribution is 2.39. The van der Waals surface area contributed by atoms with Gasteiger partial charge in [0.05, 0.1) is 18.4 Å². The highest BCUT2D eigenvalue weighted by Gasteiger charge is 2.25. The molecule has 0 amide bonds. The predicted molar refractivity (Wildman–Crippen MR) is 80.0 cm³/mol. The number of anilines is 1. The van der Waals surface area contributed by atoms with Crippen LogP contribution in [-0.4, -0.2) is 17.1 Å². The SMILES string of the molecule is COc1nc(N)nc2c1C(c1cc3ccccc3o1)=CC2. The van der Waals surface area contributed by atoms with Crippen molar-refractivity contribution in [3.05, 3.63) is 53.4 Å². The average molecular weight is 279 g/mol. The number of aromatic nitrogens is 2. The lowest BCUT2D eigenvalue weighted by molar-refractivity contribution is 0.395. The van der Waals surface area contributed by atoms with Crippen LogP contribution in [0.5, 0.6) is 5.88 Å². The zero-order valence-corrected chi connectivity index (χ0v) is 11.5. The monoisotopic (exact) mass is 279 g/mol. The number of furan rings is 1. The Kier molecular flexibility index (Phi) is 2.47. The average Bonchev–Trinajstić information content (AvgIpc) is 3.09. The first-order valence-corrected chi connectivity index (χ1v) is 6.66.